The molecule has 0 aliphatic rings. The van der Waals surface area contributed by atoms with Crippen LogP contribution >= 0.6 is 0 Å². The second-order valence-electron chi connectivity index (χ2n) is 3.96. The number of nitrogens with zero attached hydrogens (tertiary/aromatic N) is 3. The molecule has 0 radical (unpaired) electrons. The highest BCUT2D eigenvalue weighted by Gasteiger charge is 2.01. The van der Waals surface area contributed by atoms with Crippen LogP contribution in [0, 0.1) is 6.92 Å². The average molecular weight is 224 g/mol. The topological polar surface area (TPSA) is 50.3 Å². The van der Waals surface area contributed by atoms with Crippen molar-refractivity contribution < 1.29 is 4.74 Å². The van der Waals surface area contributed by atoms with Gasteiger partial charge in [0, 0.05) is 18.3 Å². The summed E-state index contributed by atoms with van der Waals surface area (Å²) >= 11 is 0. The van der Waals surface area contributed by atoms with Gasteiger partial charge in [0.15, 0.2) is 0 Å². The van der Waals surface area contributed by atoms with Crippen molar-refractivity contribution in [3.05, 3.63) is 11.8 Å². The van der Waals surface area contributed by atoms with Crippen molar-refractivity contribution in [3.63, 3.8) is 0 Å². The number of ether oxygens (including phenoxy) is 1. The maximum absolute atomic E-state index is 5.08. The molecule has 0 amide bonds. The number of aromatic nitrogens is 2. The molecule has 0 aliphatic carbocycles. The van der Waals surface area contributed by atoms with Gasteiger partial charge >= 0.3 is 0 Å². The van der Waals surface area contributed by atoms with Crippen LogP contribution in [0.5, 0.6) is 5.88 Å². The minimum Gasteiger partial charge on any atom is -0.481 e. The van der Waals surface area contributed by atoms with Crippen LogP contribution < -0.4 is 10.1 Å². The first-order chi connectivity index (χ1) is 7.61. The minimum atomic E-state index is 0.600. The lowest BCUT2D eigenvalue weighted by atomic mass is 10.4. The van der Waals surface area contributed by atoms with E-state index in [2.05, 4.69) is 34.3 Å². The number of rotatable bonds is 6. The molecule has 1 heterocycles. The third-order valence-electron chi connectivity index (χ3n) is 2.11. The monoisotopic (exact) mass is 224 g/mol. The third kappa shape index (κ3) is 4.44. The molecular weight excluding hydrogens is 204 g/mol. The first-order valence-electron chi connectivity index (χ1n) is 5.40. The fraction of sp³-hybridized carbons (Fsp3) is 0.636. The van der Waals surface area contributed by atoms with E-state index in [9.17, 15) is 0 Å². The van der Waals surface area contributed by atoms with Crippen LogP contribution in [0.1, 0.15) is 12.1 Å². The predicted molar refractivity (Wildman–Crippen MR) is 65.0 cm³/mol. The van der Waals surface area contributed by atoms with E-state index in [0.717, 1.165) is 25.2 Å². The van der Waals surface area contributed by atoms with Crippen LogP contribution in [0.4, 0.5) is 5.95 Å². The highest BCUT2D eigenvalue weighted by Crippen LogP contribution is 2.10. The fourth-order valence-corrected chi connectivity index (χ4v) is 1.32. The molecule has 1 rings (SSSR count). The lowest BCUT2D eigenvalue weighted by molar-refractivity contribution is 0.396. The predicted octanol–water partition coefficient (Wildman–Crippen LogP) is 1.16. The number of hydrogen-bond acceptors (Lipinski definition) is 5. The van der Waals surface area contributed by atoms with E-state index < -0.39 is 0 Å². The summed E-state index contributed by atoms with van der Waals surface area (Å²) in [4.78, 5) is 10.6. The Labute approximate surface area is 96.8 Å². The number of methoxy groups -OCH3 is 1. The number of aryl methyl sites for hydroxylation is 1. The molecular formula is C11H20N4O. The molecule has 0 saturated carbocycles. The van der Waals surface area contributed by atoms with Crippen molar-refractivity contribution in [1.82, 2.24) is 14.9 Å². The summed E-state index contributed by atoms with van der Waals surface area (Å²) in [7, 11) is 5.73. The van der Waals surface area contributed by atoms with Gasteiger partial charge in [0.05, 0.1) is 7.11 Å². The summed E-state index contributed by atoms with van der Waals surface area (Å²) in [6.07, 6.45) is 1.06. The molecule has 0 aliphatic heterocycles. The lowest BCUT2D eigenvalue weighted by Crippen LogP contribution is -2.17. The van der Waals surface area contributed by atoms with E-state index in [-0.39, 0.29) is 0 Å². The maximum Gasteiger partial charge on any atom is 0.226 e. The first-order valence-corrected chi connectivity index (χ1v) is 5.40. The van der Waals surface area contributed by atoms with Gasteiger partial charge in [-0.2, -0.15) is 4.98 Å². The Balaban J connectivity index is 2.44. The first kappa shape index (κ1) is 12.7. The van der Waals surface area contributed by atoms with Crippen molar-refractivity contribution in [3.8, 4) is 5.88 Å². The van der Waals surface area contributed by atoms with E-state index in [1.54, 1.807) is 7.11 Å². The Kier molecular flexibility index (Phi) is 4.98. The summed E-state index contributed by atoms with van der Waals surface area (Å²) in [5.74, 6) is 1.23. The van der Waals surface area contributed by atoms with E-state index in [4.69, 9.17) is 4.74 Å². The van der Waals surface area contributed by atoms with Crippen molar-refractivity contribution in [2.75, 3.05) is 39.6 Å². The van der Waals surface area contributed by atoms with Crippen LogP contribution in [-0.2, 0) is 0 Å². The lowest BCUT2D eigenvalue weighted by Gasteiger charge is -2.10. The number of hydrogen-bond donors (Lipinski definition) is 1. The molecule has 0 saturated heterocycles. The van der Waals surface area contributed by atoms with E-state index >= 15 is 0 Å². The SMILES string of the molecule is COc1cc(C)nc(NCCCN(C)C)n1. The highest BCUT2D eigenvalue weighted by atomic mass is 16.5. The molecule has 0 spiro atoms. The van der Waals surface area contributed by atoms with Crippen molar-refractivity contribution in [1.29, 1.82) is 0 Å². The molecule has 1 aromatic rings. The summed E-state index contributed by atoms with van der Waals surface area (Å²) in [5.41, 5.74) is 0.905. The van der Waals surface area contributed by atoms with Crippen LogP contribution in [-0.4, -0.2) is 49.2 Å². The van der Waals surface area contributed by atoms with E-state index in [0.29, 0.717) is 11.8 Å². The van der Waals surface area contributed by atoms with Gasteiger partial charge in [-0.15, -0.1) is 0 Å². The van der Waals surface area contributed by atoms with E-state index in [1.807, 2.05) is 13.0 Å². The second-order valence-corrected chi connectivity index (χ2v) is 3.96. The fourth-order valence-electron chi connectivity index (χ4n) is 1.32. The van der Waals surface area contributed by atoms with Gasteiger partial charge in [-0.1, -0.05) is 0 Å². The third-order valence-corrected chi connectivity index (χ3v) is 2.11. The quantitative estimate of drug-likeness (QED) is 0.735. The highest BCUT2D eigenvalue weighted by molar-refractivity contribution is 5.30. The number of nitrogens with one attached hydrogen (secondary N) is 1. The van der Waals surface area contributed by atoms with E-state index in [1.165, 1.54) is 0 Å². The minimum absolute atomic E-state index is 0.600. The van der Waals surface area contributed by atoms with Gasteiger partial charge < -0.3 is 15.0 Å². The molecule has 1 N–H and O–H groups in total. The van der Waals surface area contributed by atoms with Gasteiger partial charge in [-0.25, -0.2) is 4.98 Å². The summed E-state index contributed by atoms with van der Waals surface area (Å²) < 4.78 is 5.08. The second kappa shape index (κ2) is 6.27. The Morgan fingerprint density at radius 1 is 1.38 bits per heavy atom. The molecule has 16 heavy (non-hydrogen) atoms. The molecule has 90 valence electrons. The normalized spacial score (nSPS) is 10.6. The van der Waals surface area contributed by atoms with Crippen molar-refractivity contribution in [2.24, 2.45) is 0 Å². The maximum atomic E-state index is 5.08. The Bertz CT molecular complexity index is 328. The van der Waals surface area contributed by atoms with Crippen LogP contribution in [0.25, 0.3) is 0 Å². The molecule has 0 fully saturated rings. The van der Waals surface area contributed by atoms with Crippen LogP contribution in [0.2, 0.25) is 0 Å². The van der Waals surface area contributed by atoms with Gasteiger partial charge in [0.2, 0.25) is 11.8 Å². The summed E-state index contributed by atoms with van der Waals surface area (Å²) in [6, 6.07) is 1.81. The molecule has 0 aromatic carbocycles. The summed E-state index contributed by atoms with van der Waals surface area (Å²) in [6.45, 7) is 3.84. The number of anilines is 1. The zero-order chi connectivity index (χ0) is 12.0. The van der Waals surface area contributed by atoms with Crippen molar-refractivity contribution >= 4 is 5.95 Å². The Morgan fingerprint density at radius 2 is 2.12 bits per heavy atom. The Morgan fingerprint density at radius 3 is 2.75 bits per heavy atom. The molecule has 0 atom stereocenters. The van der Waals surface area contributed by atoms with Gasteiger partial charge in [-0.05, 0) is 34.0 Å². The van der Waals surface area contributed by atoms with Crippen LogP contribution in [0.3, 0.4) is 0 Å². The van der Waals surface area contributed by atoms with Gasteiger partial charge in [0.1, 0.15) is 0 Å². The summed E-state index contributed by atoms with van der Waals surface area (Å²) in [5, 5.41) is 3.19. The zero-order valence-electron chi connectivity index (χ0n) is 10.4. The van der Waals surface area contributed by atoms with Gasteiger partial charge in [-0.3, -0.25) is 0 Å². The zero-order valence-corrected chi connectivity index (χ0v) is 10.4. The molecule has 0 unspecified atom stereocenters. The average Bonchev–Trinajstić information content (AvgIpc) is 2.23. The smallest absolute Gasteiger partial charge is 0.226 e. The van der Waals surface area contributed by atoms with Crippen LogP contribution in [0.15, 0.2) is 6.07 Å². The molecule has 1 aromatic heterocycles. The van der Waals surface area contributed by atoms with Gasteiger partial charge in [0.25, 0.3) is 0 Å². The molecule has 0 bridgehead atoms. The van der Waals surface area contributed by atoms with Crippen molar-refractivity contribution in [2.45, 2.75) is 13.3 Å². The standard InChI is InChI=1S/C11H20N4O/c1-9-8-10(16-4)14-11(13-9)12-6-5-7-15(2)3/h8H,5-7H2,1-4H3,(H,12,13,14). The Hall–Kier alpha value is -1.36. The molecule has 5 nitrogen and oxygen atoms in total. The largest absolute Gasteiger partial charge is 0.481 e. The molecule has 5 heteroatoms.